The molecule has 88 valence electrons. The molecule has 0 aliphatic carbocycles. The standard InChI is InChI=1S/C9H17NO4S/c1-9(2,3)14-8(11)7-6-15(12,13)5-4-10-7/h7,10H,4-6H2,1-3H3/t7-/m0/s1. The first-order valence-corrected chi connectivity index (χ1v) is 6.68. The van der Waals surface area contributed by atoms with Gasteiger partial charge in [0.2, 0.25) is 0 Å². The molecular weight excluding hydrogens is 218 g/mol. The normalized spacial score (nSPS) is 25.9. The fourth-order valence-corrected chi connectivity index (χ4v) is 2.67. The van der Waals surface area contributed by atoms with Crippen molar-refractivity contribution in [3.8, 4) is 0 Å². The van der Waals surface area contributed by atoms with Gasteiger partial charge < -0.3 is 10.1 Å². The van der Waals surface area contributed by atoms with E-state index in [4.69, 9.17) is 4.74 Å². The van der Waals surface area contributed by atoms with E-state index in [1.165, 1.54) is 0 Å². The minimum absolute atomic E-state index is 0.0896. The molecule has 6 heteroatoms. The molecular formula is C9H17NO4S. The third kappa shape index (κ3) is 4.17. The first-order valence-electron chi connectivity index (χ1n) is 4.86. The van der Waals surface area contributed by atoms with E-state index in [0.29, 0.717) is 6.54 Å². The van der Waals surface area contributed by atoms with E-state index in [1.807, 2.05) is 0 Å². The Balaban J connectivity index is 2.61. The summed E-state index contributed by atoms with van der Waals surface area (Å²) in [6.07, 6.45) is 0. The second-order valence-corrected chi connectivity index (χ2v) is 6.88. The number of rotatable bonds is 1. The molecule has 1 atom stereocenters. The van der Waals surface area contributed by atoms with E-state index in [1.54, 1.807) is 20.8 Å². The molecule has 0 spiro atoms. The summed E-state index contributed by atoms with van der Waals surface area (Å²) in [5.74, 6) is -0.570. The second-order valence-electron chi connectivity index (χ2n) is 4.65. The van der Waals surface area contributed by atoms with Crippen LogP contribution in [0.1, 0.15) is 20.8 Å². The predicted molar refractivity (Wildman–Crippen MR) is 56.3 cm³/mol. The van der Waals surface area contributed by atoms with Gasteiger partial charge in [-0.2, -0.15) is 0 Å². The molecule has 1 saturated heterocycles. The average molecular weight is 235 g/mol. The minimum Gasteiger partial charge on any atom is -0.459 e. The summed E-state index contributed by atoms with van der Waals surface area (Å²) in [4.78, 5) is 11.6. The van der Waals surface area contributed by atoms with Gasteiger partial charge in [0, 0.05) is 6.54 Å². The Bertz CT molecular complexity index is 342. The van der Waals surface area contributed by atoms with Gasteiger partial charge in [-0.05, 0) is 20.8 Å². The Morgan fingerprint density at radius 2 is 2.00 bits per heavy atom. The summed E-state index contributed by atoms with van der Waals surface area (Å²) >= 11 is 0. The number of ether oxygens (including phenoxy) is 1. The van der Waals surface area contributed by atoms with Crippen LogP contribution in [0, 0.1) is 0 Å². The van der Waals surface area contributed by atoms with E-state index < -0.39 is 27.4 Å². The van der Waals surface area contributed by atoms with Crippen LogP contribution in [0.25, 0.3) is 0 Å². The lowest BCUT2D eigenvalue weighted by Gasteiger charge is -2.26. The van der Waals surface area contributed by atoms with Crippen LogP contribution in [-0.4, -0.2) is 44.1 Å². The molecule has 0 amide bonds. The first-order chi connectivity index (χ1) is 6.70. The zero-order valence-corrected chi connectivity index (χ0v) is 10.1. The van der Waals surface area contributed by atoms with Crippen LogP contribution in [0.5, 0.6) is 0 Å². The molecule has 1 fully saturated rings. The van der Waals surface area contributed by atoms with Crippen molar-refractivity contribution < 1.29 is 17.9 Å². The SMILES string of the molecule is CC(C)(C)OC(=O)[C@@H]1CS(=O)(=O)CCN1. The third-order valence-corrected chi connectivity index (χ3v) is 3.58. The van der Waals surface area contributed by atoms with Gasteiger partial charge in [-0.3, -0.25) is 4.79 Å². The fourth-order valence-electron chi connectivity index (χ4n) is 1.31. The van der Waals surface area contributed by atoms with Crippen LogP contribution in [0.3, 0.4) is 0 Å². The van der Waals surface area contributed by atoms with E-state index in [2.05, 4.69) is 5.32 Å². The van der Waals surface area contributed by atoms with Gasteiger partial charge in [0.15, 0.2) is 9.84 Å². The van der Waals surface area contributed by atoms with E-state index in [0.717, 1.165) is 0 Å². The number of hydrogen-bond acceptors (Lipinski definition) is 5. The lowest BCUT2D eigenvalue weighted by atomic mass is 10.2. The number of esters is 1. The van der Waals surface area contributed by atoms with E-state index in [9.17, 15) is 13.2 Å². The molecule has 0 radical (unpaired) electrons. The number of carbonyl (C=O) groups excluding carboxylic acids is 1. The van der Waals surface area contributed by atoms with Gasteiger partial charge >= 0.3 is 5.97 Å². The van der Waals surface area contributed by atoms with E-state index in [-0.39, 0.29) is 11.5 Å². The van der Waals surface area contributed by atoms with Crippen LogP contribution in [0.2, 0.25) is 0 Å². The third-order valence-electron chi connectivity index (χ3n) is 1.92. The van der Waals surface area contributed by atoms with Crippen molar-refractivity contribution in [2.24, 2.45) is 0 Å². The molecule has 0 aromatic heterocycles. The Kier molecular flexibility index (Phi) is 3.40. The van der Waals surface area contributed by atoms with Crippen LogP contribution >= 0.6 is 0 Å². The van der Waals surface area contributed by atoms with Crippen LogP contribution in [0.4, 0.5) is 0 Å². The quantitative estimate of drug-likeness (QED) is 0.633. The molecule has 1 aliphatic heterocycles. The van der Waals surface area contributed by atoms with Crippen molar-refractivity contribution >= 4 is 15.8 Å². The lowest BCUT2D eigenvalue weighted by molar-refractivity contribution is -0.156. The summed E-state index contributed by atoms with van der Waals surface area (Å²) in [5, 5.41) is 2.84. The van der Waals surface area contributed by atoms with Crippen molar-refractivity contribution in [2.45, 2.75) is 32.4 Å². The molecule has 0 bridgehead atoms. The second kappa shape index (κ2) is 4.09. The predicted octanol–water partition coefficient (Wildman–Crippen LogP) is -0.285. The molecule has 0 unspecified atom stereocenters. The van der Waals surface area contributed by atoms with Gasteiger partial charge in [-0.25, -0.2) is 8.42 Å². The smallest absolute Gasteiger partial charge is 0.324 e. The van der Waals surface area contributed by atoms with Crippen LogP contribution in [0.15, 0.2) is 0 Å². The highest BCUT2D eigenvalue weighted by Gasteiger charge is 2.32. The Labute approximate surface area is 90.1 Å². The molecule has 0 saturated carbocycles. The van der Waals surface area contributed by atoms with Crippen molar-refractivity contribution in [1.82, 2.24) is 5.32 Å². The molecule has 1 heterocycles. The summed E-state index contributed by atoms with van der Waals surface area (Å²) in [7, 11) is -3.10. The Hall–Kier alpha value is -0.620. The molecule has 0 aromatic rings. The van der Waals surface area contributed by atoms with Crippen molar-refractivity contribution in [2.75, 3.05) is 18.1 Å². The summed E-state index contributed by atoms with van der Waals surface area (Å²) in [6, 6.07) is -0.719. The lowest BCUT2D eigenvalue weighted by Crippen LogP contribution is -2.51. The van der Waals surface area contributed by atoms with E-state index >= 15 is 0 Å². The van der Waals surface area contributed by atoms with Crippen molar-refractivity contribution in [1.29, 1.82) is 0 Å². The number of carbonyl (C=O) groups is 1. The maximum atomic E-state index is 11.6. The highest BCUT2D eigenvalue weighted by molar-refractivity contribution is 7.91. The Morgan fingerprint density at radius 1 is 1.40 bits per heavy atom. The maximum absolute atomic E-state index is 11.6. The molecule has 1 aliphatic rings. The monoisotopic (exact) mass is 235 g/mol. The van der Waals surface area contributed by atoms with Gasteiger partial charge in [0.1, 0.15) is 11.6 Å². The summed E-state index contributed by atoms with van der Waals surface area (Å²) in [5.41, 5.74) is -0.583. The minimum atomic E-state index is -3.10. The van der Waals surface area contributed by atoms with Gasteiger partial charge in [0.05, 0.1) is 11.5 Å². The fraction of sp³-hybridized carbons (Fsp3) is 0.889. The topological polar surface area (TPSA) is 72.5 Å². The number of nitrogens with one attached hydrogen (secondary N) is 1. The first kappa shape index (κ1) is 12.4. The Morgan fingerprint density at radius 3 is 2.47 bits per heavy atom. The van der Waals surface area contributed by atoms with Crippen molar-refractivity contribution in [3.05, 3.63) is 0 Å². The van der Waals surface area contributed by atoms with Gasteiger partial charge in [-0.15, -0.1) is 0 Å². The molecule has 15 heavy (non-hydrogen) atoms. The molecule has 1 rings (SSSR count). The van der Waals surface area contributed by atoms with Crippen molar-refractivity contribution in [3.63, 3.8) is 0 Å². The number of hydrogen-bond donors (Lipinski definition) is 1. The zero-order valence-electron chi connectivity index (χ0n) is 9.24. The molecule has 5 nitrogen and oxygen atoms in total. The summed E-state index contributed by atoms with van der Waals surface area (Å²) < 4.78 is 27.7. The van der Waals surface area contributed by atoms with Crippen LogP contribution < -0.4 is 5.32 Å². The largest absolute Gasteiger partial charge is 0.459 e. The average Bonchev–Trinajstić information content (AvgIpc) is 1.99. The zero-order chi connectivity index (χ0) is 11.7. The highest BCUT2D eigenvalue weighted by atomic mass is 32.2. The number of sulfone groups is 1. The van der Waals surface area contributed by atoms with Crippen LogP contribution in [-0.2, 0) is 19.4 Å². The van der Waals surface area contributed by atoms with Gasteiger partial charge in [0.25, 0.3) is 0 Å². The maximum Gasteiger partial charge on any atom is 0.324 e. The molecule has 1 N–H and O–H groups in total. The van der Waals surface area contributed by atoms with Gasteiger partial charge in [-0.1, -0.05) is 0 Å². The summed E-state index contributed by atoms with van der Waals surface area (Å²) in [6.45, 7) is 5.57. The highest BCUT2D eigenvalue weighted by Crippen LogP contribution is 2.11. The molecule has 0 aromatic carbocycles.